The van der Waals surface area contributed by atoms with Gasteiger partial charge in [-0.2, -0.15) is 0 Å². The predicted octanol–water partition coefficient (Wildman–Crippen LogP) is 2.15. The number of morpholine rings is 1. The molecule has 0 spiro atoms. The lowest BCUT2D eigenvalue weighted by molar-refractivity contribution is 0.0392. The molecule has 1 saturated heterocycles. The molecule has 1 aromatic heterocycles. The molecule has 6 nitrogen and oxygen atoms in total. The molecule has 1 aliphatic heterocycles. The number of nitrogens with zero attached hydrogens (tertiary/aromatic N) is 3. The Morgan fingerprint density at radius 3 is 2.83 bits per heavy atom. The topological polar surface area (TPSA) is 64.5 Å². The van der Waals surface area contributed by atoms with Crippen LogP contribution in [0.3, 0.4) is 0 Å². The molecule has 1 aromatic carbocycles. The van der Waals surface area contributed by atoms with E-state index in [4.69, 9.17) is 9.47 Å². The van der Waals surface area contributed by atoms with Crippen molar-refractivity contribution in [2.24, 2.45) is 0 Å². The van der Waals surface area contributed by atoms with Crippen molar-refractivity contribution in [2.45, 2.75) is 13.0 Å². The first kappa shape index (κ1) is 15.4. The second kappa shape index (κ2) is 6.75. The summed E-state index contributed by atoms with van der Waals surface area (Å²) in [6.45, 7) is 3.76. The van der Waals surface area contributed by atoms with Crippen molar-refractivity contribution >= 4 is 11.9 Å². The number of anilines is 1. The van der Waals surface area contributed by atoms with E-state index in [1.165, 1.54) is 7.11 Å². The Morgan fingerprint density at radius 2 is 2.09 bits per heavy atom. The molecule has 1 aliphatic rings. The second-order valence-corrected chi connectivity index (χ2v) is 5.40. The van der Waals surface area contributed by atoms with E-state index in [0.717, 1.165) is 11.3 Å². The molecule has 1 fully saturated rings. The summed E-state index contributed by atoms with van der Waals surface area (Å²) in [6.07, 6.45) is -0.0318. The third kappa shape index (κ3) is 3.48. The molecular weight excluding hydrogens is 294 g/mol. The van der Waals surface area contributed by atoms with Crippen LogP contribution in [0.5, 0.6) is 0 Å². The number of benzene rings is 1. The van der Waals surface area contributed by atoms with Gasteiger partial charge in [0.15, 0.2) is 5.69 Å². The summed E-state index contributed by atoms with van der Waals surface area (Å²) < 4.78 is 10.6. The Balaban J connectivity index is 1.84. The molecule has 0 bridgehead atoms. The standard InChI is InChI=1S/C17H19N3O3/c1-12-10-14(16(21)22-2)19-17(18-12)20-8-9-23-15(11-20)13-6-4-3-5-7-13/h3-7,10,15H,8-9,11H2,1-2H3/t15-/m0/s1. The SMILES string of the molecule is COC(=O)c1cc(C)nc(N2CCO[C@H](c3ccccc3)C2)n1. The molecule has 120 valence electrons. The van der Waals surface area contributed by atoms with Gasteiger partial charge in [-0.3, -0.25) is 0 Å². The first-order valence-corrected chi connectivity index (χ1v) is 7.53. The minimum absolute atomic E-state index is 0.0318. The highest BCUT2D eigenvalue weighted by atomic mass is 16.5. The van der Waals surface area contributed by atoms with E-state index in [0.29, 0.717) is 25.6 Å². The number of hydrogen-bond acceptors (Lipinski definition) is 6. The Kier molecular flexibility index (Phi) is 4.52. The lowest BCUT2D eigenvalue weighted by Gasteiger charge is -2.33. The van der Waals surface area contributed by atoms with Gasteiger partial charge < -0.3 is 14.4 Å². The minimum atomic E-state index is -0.454. The maximum atomic E-state index is 11.7. The van der Waals surface area contributed by atoms with Crippen molar-refractivity contribution in [3.8, 4) is 0 Å². The molecule has 1 atom stereocenters. The number of carbonyl (C=O) groups is 1. The van der Waals surface area contributed by atoms with Crippen LogP contribution in [0.15, 0.2) is 36.4 Å². The van der Waals surface area contributed by atoms with Crippen LogP contribution in [0.2, 0.25) is 0 Å². The fraction of sp³-hybridized carbons (Fsp3) is 0.353. The average Bonchev–Trinajstić information content (AvgIpc) is 2.61. The van der Waals surface area contributed by atoms with Gasteiger partial charge in [-0.1, -0.05) is 30.3 Å². The summed E-state index contributed by atoms with van der Waals surface area (Å²) in [5, 5.41) is 0. The average molecular weight is 313 g/mol. The van der Waals surface area contributed by atoms with Crippen LogP contribution in [0, 0.1) is 6.92 Å². The third-order valence-electron chi connectivity index (χ3n) is 3.76. The molecule has 6 heteroatoms. The van der Waals surface area contributed by atoms with Gasteiger partial charge in [0.05, 0.1) is 20.3 Å². The molecular formula is C17H19N3O3. The second-order valence-electron chi connectivity index (χ2n) is 5.40. The molecule has 0 N–H and O–H groups in total. The van der Waals surface area contributed by atoms with Crippen LogP contribution in [0.25, 0.3) is 0 Å². The summed E-state index contributed by atoms with van der Waals surface area (Å²) in [5.74, 6) is 0.0826. The molecule has 0 unspecified atom stereocenters. The number of methoxy groups -OCH3 is 1. The number of aryl methyl sites for hydroxylation is 1. The normalized spacial score (nSPS) is 17.8. The van der Waals surface area contributed by atoms with E-state index >= 15 is 0 Å². The maximum absolute atomic E-state index is 11.7. The lowest BCUT2D eigenvalue weighted by atomic mass is 10.1. The Hall–Kier alpha value is -2.47. The van der Waals surface area contributed by atoms with Crippen molar-refractivity contribution in [3.05, 3.63) is 53.3 Å². The number of aromatic nitrogens is 2. The summed E-state index contributed by atoms with van der Waals surface area (Å²) in [6, 6.07) is 11.7. The molecule has 0 radical (unpaired) electrons. The van der Waals surface area contributed by atoms with Crippen LogP contribution in [-0.2, 0) is 9.47 Å². The van der Waals surface area contributed by atoms with Crippen molar-refractivity contribution in [2.75, 3.05) is 31.7 Å². The third-order valence-corrected chi connectivity index (χ3v) is 3.76. The Labute approximate surface area is 135 Å². The van der Waals surface area contributed by atoms with Crippen LogP contribution in [-0.4, -0.2) is 42.7 Å². The summed E-state index contributed by atoms with van der Waals surface area (Å²) in [4.78, 5) is 22.6. The Morgan fingerprint density at radius 1 is 1.30 bits per heavy atom. The first-order chi connectivity index (χ1) is 11.2. The number of hydrogen-bond donors (Lipinski definition) is 0. The number of carbonyl (C=O) groups excluding carboxylic acids is 1. The highest BCUT2D eigenvalue weighted by molar-refractivity contribution is 5.87. The largest absolute Gasteiger partial charge is 0.464 e. The van der Waals surface area contributed by atoms with Crippen LogP contribution < -0.4 is 4.90 Å². The zero-order chi connectivity index (χ0) is 16.2. The van der Waals surface area contributed by atoms with E-state index in [9.17, 15) is 4.79 Å². The molecule has 0 saturated carbocycles. The van der Waals surface area contributed by atoms with Crippen LogP contribution in [0.4, 0.5) is 5.95 Å². The van der Waals surface area contributed by atoms with E-state index in [2.05, 4.69) is 9.97 Å². The minimum Gasteiger partial charge on any atom is -0.464 e. The van der Waals surface area contributed by atoms with E-state index in [1.807, 2.05) is 42.2 Å². The maximum Gasteiger partial charge on any atom is 0.356 e. The number of esters is 1. The molecule has 0 aliphatic carbocycles. The van der Waals surface area contributed by atoms with Gasteiger partial charge in [0.1, 0.15) is 6.10 Å². The predicted molar refractivity (Wildman–Crippen MR) is 85.5 cm³/mol. The van der Waals surface area contributed by atoms with Crippen molar-refractivity contribution in [1.82, 2.24) is 9.97 Å². The summed E-state index contributed by atoms with van der Waals surface area (Å²) in [7, 11) is 1.35. The fourth-order valence-corrected chi connectivity index (χ4v) is 2.60. The molecule has 2 heterocycles. The van der Waals surface area contributed by atoms with Gasteiger partial charge in [-0.05, 0) is 18.6 Å². The zero-order valence-electron chi connectivity index (χ0n) is 13.2. The Bertz CT molecular complexity index is 691. The molecule has 2 aromatic rings. The smallest absolute Gasteiger partial charge is 0.356 e. The van der Waals surface area contributed by atoms with E-state index < -0.39 is 5.97 Å². The fourth-order valence-electron chi connectivity index (χ4n) is 2.60. The quantitative estimate of drug-likeness (QED) is 0.809. The van der Waals surface area contributed by atoms with Gasteiger partial charge in [0, 0.05) is 12.2 Å². The van der Waals surface area contributed by atoms with E-state index in [1.54, 1.807) is 6.07 Å². The summed E-state index contributed by atoms with van der Waals surface area (Å²) >= 11 is 0. The zero-order valence-corrected chi connectivity index (χ0v) is 13.2. The van der Waals surface area contributed by atoms with Gasteiger partial charge in [-0.25, -0.2) is 14.8 Å². The monoisotopic (exact) mass is 313 g/mol. The van der Waals surface area contributed by atoms with Crippen molar-refractivity contribution < 1.29 is 14.3 Å². The highest BCUT2D eigenvalue weighted by Gasteiger charge is 2.24. The van der Waals surface area contributed by atoms with Crippen molar-refractivity contribution in [1.29, 1.82) is 0 Å². The van der Waals surface area contributed by atoms with Gasteiger partial charge in [0.2, 0.25) is 5.95 Å². The first-order valence-electron chi connectivity index (χ1n) is 7.53. The van der Waals surface area contributed by atoms with Gasteiger partial charge in [-0.15, -0.1) is 0 Å². The van der Waals surface area contributed by atoms with Gasteiger partial charge >= 0.3 is 5.97 Å². The highest BCUT2D eigenvalue weighted by Crippen LogP contribution is 2.24. The molecule has 23 heavy (non-hydrogen) atoms. The lowest BCUT2D eigenvalue weighted by Crippen LogP contribution is -2.39. The number of rotatable bonds is 3. The van der Waals surface area contributed by atoms with Crippen LogP contribution in [0.1, 0.15) is 27.8 Å². The van der Waals surface area contributed by atoms with E-state index in [-0.39, 0.29) is 11.8 Å². The number of ether oxygens (including phenoxy) is 2. The van der Waals surface area contributed by atoms with Crippen LogP contribution >= 0.6 is 0 Å². The summed E-state index contributed by atoms with van der Waals surface area (Å²) in [5.41, 5.74) is 2.13. The molecule has 0 amide bonds. The van der Waals surface area contributed by atoms with Gasteiger partial charge in [0.25, 0.3) is 0 Å². The van der Waals surface area contributed by atoms with Crippen molar-refractivity contribution in [3.63, 3.8) is 0 Å². The molecule has 3 rings (SSSR count).